The maximum absolute atomic E-state index is 13.5. The van der Waals surface area contributed by atoms with Crippen LogP contribution >= 0.6 is 23.2 Å². The Bertz CT molecular complexity index is 1210. The minimum absolute atomic E-state index is 0. The molecule has 214 valence electrons. The number of ether oxygens (including phenoxy) is 3. The topological polar surface area (TPSA) is 88.9 Å². The van der Waals surface area contributed by atoms with E-state index in [0.717, 1.165) is 5.03 Å². The maximum atomic E-state index is 13.5. The van der Waals surface area contributed by atoms with Crippen molar-refractivity contribution >= 4 is 40.1 Å². The fourth-order valence-corrected chi connectivity index (χ4v) is 5.18. The lowest BCUT2D eigenvalue weighted by Crippen LogP contribution is -2.43. The van der Waals surface area contributed by atoms with Crippen LogP contribution in [-0.4, -0.2) is 46.3 Å². The van der Waals surface area contributed by atoms with Gasteiger partial charge in [-0.25, -0.2) is 4.79 Å². The zero-order valence-electron chi connectivity index (χ0n) is 22.5. The van der Waals surface area contributed by atoms with Gasteiger partial charge in [-0.2, -0.15) is 5.26 Å². The molecule has 1 unspecified atom stereocenters. The molecule has 0 saturated carbocycles. The highest BCUT2D eigenvalue weighted by molar-refractivity contribution is 7.85. The molecule has 0 bridgehead atoms. The van der Waals surface area contributed by atoms with Gasteiger partial charge in [0.05, 0.1) is 34.4 Å². The van der Waals surface area contributed by atoms with E-state index in [1.54, 1.807) is 41.3 Å². The van der Waals surface area contributed by atoms with Gasteiger partial charge in [0.15, 0.2) is 0 Å². The molecule has 2 aromatic rings. The highest BCUT2D eigenvalue weighted by atomic mass is 35.5. The second kappa shape index (κ2) is 15.8. The number of rotatable bonds is 5. The lowest BCUT2D eigenvalue weighted by atomic mass is 10.1. The third-order valence-corrected chi connectivity index (χ3v) is 7.66. The molecule has 10 heteroatoms. The second-order valence-corrected chi connectivity index (χ2v) is 12.3. The lowest BCUT2D eigenvalue weighted by molar-refractivity contribution is 0.0218. The first-order valence-corrected chi connectivity index (χ1v) is 14.1. The van der Waals surface area contributed by atoms with E-state index in [2.05, 4.69) is 6.07 Å². The van der Waals surface area contributed by atoms with Crippen LogP contribution in [0.1, 0.15) is 60.5 Å². The first-order chi connectivity index (χ1) is 17.9. The van der Waals surface area contributed by atoms with Crippen LogP contribution in [0, 0.1) is 11.3 Å². The molecule has 1 heterocycles. The summed E-state index contributed by atoms with van der Waals surface area (Å²) >= 11 is 11.5. The van der Waals surface area contributed by atoms with E-state index >= 15 is 0 Å². The Morgan fingerprint density at radius 2 is 1.74 bits per heavy atom. The standard InChI is InChI=1S/C24H27ClN2O5S.C4H7Cl.CH4/c1-24(2,3)32-23(28)27-9-7-20(8-10-27)33(29)22-11-16(15-26)5-6-21(22)31-19-13-17(25)12-18(14-19)30-4;1-3-4(2)5;/h5-6,11-14,20H,7-10H2,1-4H3;3H,1-2H3;1H4/b;4-3+;. The van der Waals surface area contributed by atoms with Gasteiger partial charge in [0, 0.05) is 34.5 Å². The van der Waals surface area contributed by atoms with Gasteiger partial charge in [0.25, 0.3) is 0 Å². The van der Waals surface area contributed by atoms with Crippen molar-refractivity contribution in [2.45, 2.75) is 70.6 Å². The molecule has 1 fully saturated rings. The lowest BCUT2D eigenvalue weighted by Gasteiger charge is -2.33. The molecule has 1 aliphatic heterocycles. The Balaban J connectivity index is 0.00000116. The van der Waals surface area contributed by atoms with Gasteiger partial charge in [0.2, 0.25) is 0 Å². The minimum atomic E-state index is -1.45. The Hall–Kier alpha value is -2.73. The van der Waals surface area contributed by atoms with Crippen LogP contribution in [0.25, 0.3) is 0 Å². The first kappa shape index (κ1) is 34.3. The third kappa shape index (κ3) is 11.1. The number of piperidine rings is 1. The van der Waals surface area contributed by atoms with E-state index in [9.17, 15) is 14.3 Å². The second-order valence-electron chi connectivity index (χ2n) is 9.54. The number of halogens is 2. The zero-order valence-corrected chi connectivity index (χ0v) is 24.9. The van der Waals surface area contributed by atoms with Crippen molar-refractivity contribution < 1.29 is 23.2 Å². The van der Waals surface area contributed by atoms with Gasteiger partial charge in [-0.15, -0.1) is 0 Å². The summed E-state index contributed by atoms with van der Waals surface area (Å²) < 4.78 is 30.2. The van der Waals surface area contributed by atoms with Gasteiger partial charge in [-0.1, -0.05) is 36.7 Å². The number of carbonyl (C=O) groups excluding carboxylic acids is 1. The van der Waals surface area contributed by atoms with Gasteiger partial charge < -0.3 is 19.1 Å². The zero-order chi connectivity index (χ0) is 28.5. The Labute approximate surface area is 245 Å². The van der Waals surface area contributed by atoms with E-state index < -0.39 is 16.4 Å². The number of hydrogen-bond donors (Lipinski definition) is 0. The van der Waals surface area contributed by atoms with E-state index in [4.69, 9.17) is 37.4 Å². The summed E-state index contributed by atoms with van der Waals surface area (Å²) in [4.78, 5) is 14.4. The number of hydrogen-bond acceptors (Lipinski definition) is 6. The van der Waals surface area contributed by atoms with Crippen LogP contribution in [-0.2, 0) is 15.5 Å². The molecule has 0 aliphatic carbocycles. The Morgan fingerprint density at radius 3 is 2.26 bits per heavy atom. The van der Waals surface area contributed by atoms with Crippen molar-refractivity contribution in [1.29, 1.82) is 5.26 Å². The van der Waals surface area contributed by atoms with E-state index in [1.807, 2.05) is 40.7 Å². The number of benzene rings is 2. The molecule has 1 atom stereocenters. The van der Waals surface area contributed by atoms with Crippen molar-refractivity contribution in [3.8, 4) is 23.3 Å². The number of carbonyl (C=O) groups is 1. The van der Waals surface area contributed by atoms with Crippen molar-refractivity contribution in [2.24, 2.45) is 0 Å². The molecule has 1 saturated heterocycles. The highest BCUT2D eigenvalue weighted by Gasteiger charge is 2.31. The smallest absolute Gasteiger partial charge is 0.410 e. The number of allylic oxidation sites excluding steroid dienone is 2. The average molecular weight is 598 g/mol. The van der Waals surface area contributed by atoms with Crippen LogP contribution in [0.5, 0.6) is 17.2 Å². The molecule has 3 rings (SSSR count). The van der Waals surface area contributed by atoms with Gasteiger partial charge in [0.1, 0.15) is 22.8 Å². The molecule has 0 aromatic heterocycles. The van der Waals surface area contributed by atoms with Crippen molar-refractivity contribution in [3.05, 3.63) is 58.1 Å². The number of nitriles is 1. The molecule has 0 spiro atoms. The molecule has 1 aliphatic rings. The Kier molecular flexibility index (Phi) is 13.9. The van der Waals surface area contributed by atoms with E-state index in [-0.39, 0.29) is 18.8 Å². The first-order valence-electron chi connectivity index (χ1n) is 12.1. The van der Waals surface area contributed by atoms with Crippen LogP contribution in [0.15, 0.2) is 52.4 Å². The summed E-state index contributed by atoms with van der Waals surface area (Å²) in [6.07, 6.45) is 2.58. The van der Waals surface area contributed by atoms with Gasteiger partial charge in [-0.05, 0) is 77.8 Å². The highest BCUT2D eigenvalue weighted by Crippen LogP contribution is 2.35. The number of methoxy groups -OCH3 is 1. The number of amides is 1. The molecule has 1 amide bonds. The largest absolute Gasteiger partial charge is 0.497 e. The predicted octanol–water partition coefficient (Wildman–Crippen LogP) is 8.30. The summed E-state index contributed by atoms with van der Waals surface area (Å²) in [5, 5.41) is 10.5. The molecule has 7 nitrogen and oxygen atoms in total. The SMILES string of the molecule is C.C/C=C(\C)Cl.COc1cc(Cl)cc(Oc2ccc(C#N)cc2S(=O)C2CCN(C(=O)OC(C)(C)C)CC2)c1. The predicted molar refractivity (Wildman–Crippen MR) is 158 cm³/mol. The molecular weight excluding hydrogens is 559 g/mol. The molecule has 0 N–H and O–H groups in total. The normalized spacial score (nSPS) is 14.6. The summed E-state index contributed by atoms with van der Waals surface area (Å²) in [5.41, 5.74) is -0.176. The Morgan fingerprint density at radius 1 is 1.15 bits per heavy atom. The molecular formula is C29H38Cl2N2O5S. The summed E-state index contributed by atoms with van der Waals surface area (Å²) in [6, 6.07) is 11.9. The number of likely N-dealkylation sites (tertiary alicyclic amines) is 1. The molecule has 0 radical (unpaired) electrons. The van der Waals surface area contributed by atoms with E-state index in [1.165, 1.54) is 7.11 Å². The molecule has 39 heavy (non-hydrogen) atoms. The van der Waals surface area contributed by atoms with Crippen LogP contribution in [0.2, 0.25) is 5.02 Å². The quantitative estimate of drug-likeness (QED) is 0.345. The average Bonchev–Trinajstić information content (AvgIpc) is 2.87. The summed E-state index contributed by atoms with van der Waals surface area (Å²) in [6.45, 7) is 10.1. The van der Waals surface area contributed by atoms with Crippen molar-refractivity contribution in [3.63, 3.8) is 0 Å². The van der Waals surface area contributed by atoms with Crippen molar-refractivity contribution in [1.82, 2.24) is 4.90 Å². The molecule has 2 aromatic carbocycles. The van der Waals surface area contributed by atoms with Crippen LogP contribution in [0.3, 0.4) is 0 Å². The fourth-order valence-electron chi connectivity index (χ4n) is 3.42. The summed E-state index contributed by atoms with van der Waals surface area (Å²) in [5.74, 6) is 1.34. The van der Waals surface area contributed by atoms with Crippen LogP contribution in [0.4, 0.5) is 4.79 Å². The monoisotopic (exact) mass is 596 g/mol. The van der Waals surface area contributed by atoms with Gasteiger partial charge >= 0.3 is 6.09 Å². The third-order valence-electron chi connectivity index (χ3n) is 5.39. The summed E-state index contributed by atoms with van der Waals surface area (Å²) in [7, 11) is 0.0833. The maximum Gasteiger partial charge on any atom is 0.410 e. The number of nitrogens with zero attached hydrogens (tertiary/aromatic N) is 2. The van der Waals surface area contributed by atoms with Crippen molar-refractivity contribution in [2.75, 3.05) is 20.2 Å². The minimum Gasteiger partial charge on any atom is -0.497 e. The fraction of sp³-hybridized carbons (Fsp3) is 0.448. The van der Waals surface area contributed by atoms with E-state index in [0.29, 0.717) is 58.7 Å². The van der Waals surface area contributed by atoms with Gasteiger partial charge in [-0.3, -0.25) is 4.21 Å². The van der Waals surface area contributed by atoms with Crippen LogP contribution < -0.4 is 9.47 Å².